The van der Waals surface area contributed by atoms with E-state index in [9.17, 15) is 9.90 Å². The first-order valence-corrected chi connectivity index (χ1v) is 6.79. The van der Waals surface area contributed by atoms with Crippen LogP contribution in [0.1, 0.15) is 53.9 Å². The molecule has 2 saturated heterocycles. The highest BCUT2D eigenvalue weighted by Gasteiger charge is 2.55. The summed E-state index contributed by atoms with van der Waals surface area (Å²) in [6.45, 7) is 11.0. The van der Waals surface area contributed by atoms with Crippen molar-refractivity contribution >= 4 is 5.97 Å². The molecule has 1 N–H and O–H groups in total. The van der Waals surface area contributed by atoms with Crippen LogP contribution in [0.25, 0.3) is 0 Å². The summed E-state index contributed by atoms with van der Waals surface area (Å²) in [6.07, 6.45) is 2.58. The molecule has 0 aliphatic carbocycles. The van der Waals surface area contributed by atoms with Crippen LogP contribution in [0.2, 0.25) is 0 Å². The average molecular weight is 255 g/mol. The zero-order valence-corrected chi connectivity index (χ0v) is 12.1. The number of ether oxygens (including phenoxy) is 1. The SMILES string of the molecule is CC1(C)CC(N2CCCC2(C)C(=O)O)C(C)(C)O1. The van der Waals surface area contributed by atoms with E-state index in [1.807, 2.05) is 6.92 Å². The van der Waals surface area contributed by atoms with Crippen LogP contribution in [0.3, 0.4) is 0 Å². The van der Waals surface area contributed by atoms with Gasteiger partial charge in [0.2, 0.25) is 0 Å². The molecule has 2 aliphatic heterocycles. The molecule has 0 spiro atoms. The van der Waals surface area contributed by atoms with Gasteiger partial charge in [-0.25, -0.2) is 0 Å². The number of hydrogen-bond donors (Lipinski definition) is 1. The first-order chi connectivity index (χ1) is 8.08. The number of aliphatic carboxylic acids is 1. The van der Waals surface area contributed by atoms with Gasteiger partial charge in [-0.15, -0.1) is 0 Å². The lowest BCUT2D eigenvalue weighted by Crippen LogP contribution is -2.57. The van der Waals surface area contributed by atoms with Crippen molar-refractivity contribution in [3.8, 4) is 0 Å². The third kappa shape index (κ3) is 2.05. The van der Waals surface area contributed by atoms with Crippen molar-refractivity contribution in [3.63, 3.8) is 0 Å². The molecule has 4 heteroatoms. The molecule has 104 valence electrons. The van der Waals surface area contributed by atoms with Crippen LogP contribution < -0.4 is 0 Å². The molecular formula is C14H25NO3. The molecule has 2 heterocycles. The van der Waals surface area contributed by atoms with Gasteiger partial charge in [0.05, 0.1) is 11.2 Å². The van der Waals surface area contributed by atoms with E-state index in [1.54, 1.807) is 0 Å². The normalized spacial score (nSPS) is 39.1. The zero-order chi connectivity index (χ0) is 13.8. The summed E-state index contributed by atoms with van der Waals surface area (Å²) in [7, 11) is 0. The molecule has 0 radical (unpaired) electrons. The van der Waals surface area contributed by atoms with Crippen molar-refractivity contribution in [2.45, 2.75) is 76.7 Å². The largest absolute Gasteiger partial charge is 0.480 e. The van der Waals surface area contributed by atoms with Gasteiger partial charge in [0.1, 0.15) is 5.54 Å². The molecule has 2 aliphatic rings. The Morgan fingerprint density at radius 1 is 1.28 bits per heavy atom. The maximum atomic E-state index is 11.6. The van der Waals surface area contributed by atoms with E-state index in [4.69, 9.17) is 4.74 Å². The Balaban J connectivity index is 2.29. The standard InChI is InChI=1S/C14H25NO3/c1-12(2)9-10(13(3,4)18-12)15-8-6-7-14(15,5)11(16)17/h10H,6-9H2,1-5H3,(H,16,17). The van der Waals surface area contributed by atoms with Gasteiger partial charge in [-0.3, -0.25) is 9.69 Å². The van der Waals surface area contributed by atoms with Crippen molar-refractivity contribution in [1.29, 1.82) is 0 Å². The van der Waals surface area contributed by atoms with E-state index in [0.29, 0.717) is 0 Å². The number of carboxylic acids is 1. The van der Waals surface area contributed by atoms with E-state index in [-0.39, 0.29) is 17.2 Å². The van der Waals surface area contributed by atoms with Gasteiger partial charge in [0.25, 0.3) is 0 Å². The first kappa shape index (κ1) is 13.8. The molecule has 0 bridgehead atoms. The van der Waals surface area contributed by atoms with Crippen LogP contribution in [0.5, 0.6) is 0 Å². The minimum Gasteiger partial charge on any atom is -0.480 e. The number of rotatable bonds is 2. The van der Waals surface area contributed by atoms with Gasteiger partial charge < -0.3 is 9.84 Å². The molecule has 2 rings (SSSR count). The number of carbonyl (C=O) groups is 1. The van der Waals surface area contributed by atoms with Gasteiger partial charge in [-0.05, 0) is 60.4 Å². The van der Waals surface area contributed by atoms with Crippen molar-refractivity contribution in [1.82, 2.24) is 4.90 Å². The summed E-state index contributed by atoms with van der Waals surface area (Å²) < 4.78 is 6.10. The summed E-state index contributed by atoms with van der Waals surface area (Å²) in [5.74, 6) is -0.708. The second-order valence-electron chi connectivity index (χ2n) is 7.06. The summed E-state index contributed by atoms with van der Waals surface area (Å²) in [6, 6.07) is 0.177. The molecular weight excluding hydrogens is 230 g/mol. The van der Waals surface area contributed by atoms with E-state index in [1.165, 1.54) is 0 Å². The Labute approximate surface area is 109 Å². The lowest BCUT2D eigenvalue weighted by molar-refractivity contribution is -0.152. The summed E-state index contributed by atoms with van der Waals surface area (Å²) in [4.78, 5) is 13.7. The Morgan fingerprint density at radius 2 is 1.89 bits per heavy atom. The zero-order valence-electron chi connectivity index (χ0n) is 12.1. The predicted octanol–water partition coefficient (Wildman–Crippen LogP) is 2.27. The second kappa shape index (κ2) is 3.94. The molecule has 2 unspecified atom stereocenters. The third-order valence-electron chi connectivity index (χ3n) is 4.56. The van der Waals surface area contributed by atoms with Gasteiger partial charge in [0, 0.05) is 6.04 Å². The highest BCUT2D eigenvalue weighted by Crippen LogP contribution is 2.45. The molecule has 0 aromatic carbocycles. The number of hydrogen-bond acceptors (Lipinski definition) is 3. The average Bonchev–Trinajstić information content (AvgIpc) is 2.64. The molecule has 0 amide bonds. The van der Waals surface area contributed by atoms with Crippen molar-refractivity contribution in [2.24, 2.45) is 0 Å². The van der Waals surface area contributed by atoms with Crippen LogP contribution in [0, 0.1) is 0 Å². The van der Waals surface area contributed by atoms with Crippen LogP contribution in [-0.4, -0.2) is 45.3 Å². The Bertz CT molecular complexity index is 364. The van der Waals surface area contributed by atoms with E-state index >= 15 is 0 Å². The summed E-state index contributed by atoms with van der Waals surface area (Å²) in [5.41, 5.74) is -1.19. The van der Waals surface area contributed by atoms with Crippen LogP contribution >= 0.6 is 0 Å². The Morgan fingerprint density at radius 3 is 2.33 bits per heavy atom. The number of likely N-dealkylation sites (tertiary alicyclic amines) is 1. The predicted molar refractivity (Wildman–Crippen MR) is 69.6 cm³/mol. The monoisotopic (exact) mass is 255 g/mol. The molecule has 2 atom stereocenters. The van der Waals surface area contributed by atoms with Crippen molar-refractivity contribution < 1.29 is 14.6 Å². The van der Waals surface area contributed by atoms with Gasteiger partial charge >= 0.3 is 5.97 Å². The third-order valence-corrected chi connectivity index (χ3v) is 4.56. The fraction of sp³-hybridized carbons (Fsp3) is 0.929. The molecule has 4 nitrogen and oxygen atoms in total. The number of nitrogens with zero attached hydrogens (tertiary/aromatic N) is 1. The van der Waals surface area contributed by atoms with Gasteiger partial charge in [-0.1, -0.05) is 0 Å². The highest BCUT2D eigenvalue weighted by atomic mass is 16.5. The van der Waals surface area contributed by atoms with Crippen LogP contribution in [0.4, 0.5) is 0 Å². The lowest BCUT2D eigenvalue weighted by atomic mass is 9.89. The van der Waals surface area contributed by atoms with Crippen molar-refractivity contribution in [2.75, 3.05) is 6.54 Å². The maximum Gasteiger partial charge on any atom is 0.323 e. The molecule has 2 fully saturated rings. The first-order valence-electron chi connectivity index (χ1n) is 6.79. The fourth-order valence-corrected chi connectivity index (χ4v) is 3.73. The summed E-state index contributed by atoms with van der Waals surface area (Å²) in [5, 5.41) is 9.52. The van der Waals surface area contributed by atoms with Gasteiger partial charge in [-0.2, -0.15) is 0 Å². The Hall–Kier alpha value is -0.610. The lowest BCUT2D eigenvalue weighted by Gasteiger charge is -2.41. The Kier molecular flexibility index (Phi) is 3.02. The van der Waals surface area contributed by atoms with Crippen molar-refractivity contribution in [3.05, 3.63) is 0 Å². The maximum absolute atomic E-state index is 11.6. The molecule has 18 heavy (non-hydrogen) atoms. The van der Waals surface area contributed by atoms with E-state index in [2.05, 4.69) is 32.6 Å². The second-order valence-corrected chi connectivity index (χ2v) is 7.06. The minimum absolute atomic E-state index is 0.170. The van der Waals surface area contributed by atoms with Crippen LogP contribution in [0.15, 0.2) is 0 Å². The fourth-order valence-electron chi connectivity index (χ4n) is 3.73. The topological polar surface area (TPSA) is 49.8 Å². The molecule has 0 aromatic rings. The number of carboxylic acid groups (broad SMARTS) is 1. The van der Waals surface area contributed by atoms with Crippen LogP contribution in [-0.2, 0) is 9.53 Å². The highest BCUT2D eigenvalue weighted by molar-refractivity contribution is 5.78. The molecule has 0 saturated carbocycles. The quantitative estimate of drug-likeness (QED) is 0.822. The van der Waals surface area contributed by atoms with Gasteiger partial charge in [0.15, 0.2) is 0 Å². The minimum atomic E-state index is -0.730. The summed E-state index contributed by atoms with van der Waals surface area (Å²) >= 11 is 0. The smallest absolute Gasteiger partial charge is 0.323 e. The van der Waals surface area contributed by atoms with E-state index in [0.717, 1.165) is 25.8 Å². The van der Waals surface area contributed by atoms with E-state index < -0.39 is 11.5 Å². The molecule has 0 aromatic heterocycles.